The van der Waals surface area contributed by atoms with Crippen LogP contribution in [0.4, 0.5) is 4.39 Å². The molecule has 3 aliphatic rings. The third-order valence-electron chi connectivity index (χ3n) is 3.82. The first-order chi connectivity index (χ1) is 7.15. The fourth-order valence-electron chi connectivity index (χ4n) is 2.76. The van der Waals surface area contributed by atoms with Crippen molar-refractivity contribution < 1.29 is 9.18 Å². The van der Waals surface area contributed by atoms with Crippen molar-refractivity contribution in [3.05, 3.63) is 34.6 Å². The predicted molar refractivity (Wildman–Crippen MR) is 55.3 cm³/mol. The van der Waals surface area contributed by atoms with Crippen molar-refractivity contribution in [2.45, 2.75) is 32.1 Å². The van der Waals surface area contributed by atoms with Gasteiger partial charge in [0.15, 0.2) is 0 Å². The molecule has 0 atom stereocenters. The number of Topliss-reactive ketones (excluding diaryl/α,β-unsaturated/α-hetero) is 1. The summed E-state index contributed by atoms with van der Waals surface area (Å²) in [4.78, 5) is 11.7. The summed E-state index contributed by atoms with van der Waals surface area (Å²) in [5, 5.41) is 0. The molecule has 1 aromatic carbocycles. The van der Waals surface area contributed by atoms with Gasteiger partial charge in [0, 0.05) is 12.3 Å². The van der Waals surface area contributed by atoms with Crippen molar-refractivity contribution in [3.63, 3.8) is 0 Å². The smallest absolute Gasteiger partial charge is 0.140 e. The lowest BCUT2D eigenvalue weighted by atomic mass is 9.72. The van der Waals surface area contributed by atoms with Gasteiger partial charge in [-0.1, -0.05) is 6.07 Å². The molecule has 1 fully saturated rings. The Balaban J connectivity index is 2.14. The van der Waals surface area contributed by atoms with Crippen molar-refractivity contribution in [2.75, 3.05) is 0 Å². The summed E-state index contributed by atoms with van der Waals surface area (Å²) in [5.41, 5.74) is 2.80. The molecule has 0 saturated heterocycles. The van der Waals surface area contributed by atoms with Gasteiger partial charge >= 0.3 is 0 Å². The molecular weight excluding hydrogens is 191 g/mol. The van der Waals surface area contributed by atoms with Gasteiger partial charge in [-0.3, -0.25) is 4.79 Å². The van der Waals surface area contributed by atoms with E-state index in [1.807, 2.05) is 6.07 Å². The van der Waals surface area contributed by atoms with E-state index in [1.54, 1.807) is 13.0 Å². The molecule has 0 amide bonds. The van der Waals surface area contributed by atoms with E-state index in [0.29, 0.717) is 23.7 Å². The first-order valence-electron chi connectivity index (χ1n) is 5.47. The Hall–Kier alpha value is -1.18. The van der Waals surface area contributed by atoms with Crippen LogP contribution >= 0.6 is 0 Å². The Morgan fingerprint density at radius 2 is 2.00 bits per heavy atom. The average molecular weight is 204 g/mol. The van der Waals surface area contributed by atoms with E-state index in [9.17, 15) is 9.18 Å². The Kier molecular flexibility index (Phi) is 1.76. The number of ketones is 1. The summed E-state index contributed by atoms with van der Waals surface area (Å²) >= 11 is 0. The minimum absolute atomic E-state index is 0.133. The van der Waals surface area contributed by atoms with Crippen LogP contribution in [0.25, 0.3) is 0 Å². The Labute approximate surface area is 88.3 Å². The van der Waals surface area contributed by atoms with Crippen LogP contribution in [-0.4, -0.2) is 5.78 Å². The van der Waals surface area contributed by atoms with Gasteiger partial charge in [-0.2, -0.15) is 0 Å². The molecule has 78 valence electrons. The molecule has 2 bridgehead atoms. The minimum atomic E-state index is -0.133. The number of hydrogen-bond donors (Lipinski definition) is 0. The highest BCUT2D eigenvalue weighted by molar-refractivity contribution is 5.86. The fourth-order valence-corrected chi connectivity index (χ4v) is 2.76. The standard InChI is InChI=1S/C13H13FO/c1-7-2-8-5-13(15)10-3-9(4-10)11(8)6-12(7)14/h2,6,9-10H,3-5H2,1H3. The molecule has 2 heteroatoms. The van der Waals surface area contributed by atoms with Gasteiger partial charge in [0.2, 0.25) is 0 Å². The van der Waals surface area contributed by atoms with Gasteiger partial charge in [0.25, 0.3) is 0 Å². The SMILES string of the molecule is Cc1cc2c(cc1F)C1CC(C1)C(=O)C2. The maximum Gasteiger partial charge on any atom is 0.140 e. The van der Waals surface area contributed by atoms with Gasteiger partial charge < -0.3 is 0 Å². The molecule has 0 unspecified atom stereocenters. The van der Waals surface area contributed by atoms with Crippen molar-refractivity contribution >= 4 is 5.78 Å². The summed E-state index contributed by atoms with van der Waals surface area (Å²) in [7, 11) is 0. The number of hydrogen-bond acceptors (Lipinski definition) is 1. The molecule has 4 rings (SSSR count). The molecule has 0 radical (unpaired) electrons. The third kappa shape index (κ3) is 1.24. The maximum absolute atomic E-state index is 13.4. The second-order valence-electron chi connectivity index (χ2n) is 4.81. The lowest BCUT2D eigenvalue weighted by molar-refractivity contribution is -0.124. The second-order valence-corrected chi connectivity index (χ2v) is 4.81. The number of carbonyl (C=O) groups is 1. The van der Waals surface area contributed by atoms with E-state index in [-0.39, 0.29) is 11.7 Å². The molecule has 1 aromatic rings. The van der Waals surface area contributed by atoms with E-state index in [2.05, 4.69) is 0 Å². The highest BCUT2D eigenvalue weighted by Gasteiger charge is 2.39. The molecule has 0 N–H and O–H groups in total. The van der Waals surface area contributed by atoms with E-state index in [0.717, 1.165) is 24.0 Å². The lowest BCUT2D eigenvalue weighted by Crippen LogP contribution is -2.26. The number of fused-ring (bicyclic) bond motifs is 1. The van der Waals surface area contributed by atoms with Crippen molar-refractivity contribution in [1.82, 2.24) is 0 Å². The first-order valence-corrected chi connectivity index (χ1v) is 5.47. The van der Waals surface area contributed by atoms with Crippen LogP contribution in [0.3, 0.4) is 0 Å². The quantitative estimate of drug-likeness (QED) is 0.635. The largest absolute Gasteiger partial charge is 0.299 e. The molecule has 0 aliphatic heterocycles. The third-order valence-corrected chi connectivity index (χ3v) is 3.82. The van der Waals surface area contributed by atoms with Crippen LogP contribution in [0, 0.1) is 18.7 Å². The molecule has 1 nitrogen and oxygen atoms in total. The summed E-state index contributed by atoms with van der Waals surface area (Å²) < 4.78 is 13.4. The predicted octanol–water partition coefficient (Wildman–Crippen LogP) is 2.75. The van der Waals surface area contributed by atoms with Gasteiger partial charge in [-0.05, 0) is 48.4 Å². The highest BCUT2D eigenvalue weighted by Crippen LogP contribution is 2.47. The number of aryl methyl sites for hydroxylation is 1. The molecule has 1 saturated carbocycles. The topological polar surface area (TPSA) is 17.1 Å². The van der Waals surface area contributed by atoms with Crippen LogP contribution < -0.4 is 0 Å². The normalized spacial score (nSPS) is 28.0. The van der Waals surface area contributed by atoms with Gasteiger partial charge in [-0.15, -0.1) is 0 Å². The monoisotopic (exact) mass is 204 g/mol. The summed E-state index contributed by atoms with van der Waals surface area (Å²) in [6.07, 6.45) is 2.39. The lowest BCUT2D eigenvalue weighted by Gasteiger charge is -2.32. The fraction of sp³-hybridized carbons (Fsp3) is 0.462. The molecule has 0 spiro atoms. The first kappa shape index (κ1) is 9.08. The number of benzene rings is 1. The van der Waals surface area contributed by atoms with Crippen molar-refractivity contribution in [1.29, 1.82) is 0 Å². The number of carbonyl (C=O) groups excluding carboxylic acids is 1. The molecule has 0 aromatic heterocycles. The maximum atomic E-state index is 13.4. The van der Waals surface area contributed by atoms with E-state index < -0.39 is 0 Å². The Morgan fingerprint density at radius 1 is 1.27 bits per heavy atom. The van der Waals surface area contributed by atoms with Crippen molar-refractivity contribution in [2.24, 2.45) is 5.92 Å². The van der Waals surface area contributed by atoms with Gasteiger partial charge in [0.1, 0.15) is 11.6 Å². The number of halogens is 1. The summed E-state index contributed by atoms with van der Waals surface area (Å²) in [6, 6.07) is 3.49. The van der Waals surface area contributed by atoms with Crippen LogP contribution in [-0.2, 0) is 11.2 Å². The molecule has 15 heavy (non-hydrogen) atoms. The number of rotatable bonds is 0. The molecular formula is C13H13FO. The Morgan fingerprint density at radius 3 is 2.73 bits per heavy atom. The van der Waals surface area contributed by atoms with Crippen LogP contribution in [0.5, 0.6) is 0 Å². The minimum Gasteiger partial charge on any atom is -0.299 e. The van der Waals surface area contributed by atoms with E-state index >= 15 is 0 Å². The van der Waals surface area contributed by atoms with Crippen LogP contribution in [0.1, 0.15) is 35.4 Å². The zero-order chi connectivity index (χ0) is 10.6. The summed E-state index contributed by atoms with van der Waals surface area (Å²) in [5.74, 6) is 0.903. The second kappa shape index (κ2) is 2.91. The zero-order valence-electron chi connectivity index (χ0n) is 8.72. The average Bonchev–Trinajstić information content (AvgIpc) is 2.28. The zero-order valence-corrected chi connectivity index (χ0v) is 8.72. The van der Waals surface area contributed by atoms with Gasteiger partial charge in [0.05, 0.1) is 0 Å². The molecule has 0 heterocycles. The highest BCUT2D eigenvalue weighted by atomic mass is 19.1. The van der Waals surface area contributed by atoms with E-state index in [4.69, 9.17) is 0 Å². The van der Waals surface area contributed by atoms with Gasteiger partial charge in [-0.25, -0.2) is 4.39 Å². The van der Waals surface area contributed by atoms with Crippen LogP contribution in [0.15, 0.2) is 12.1 Å². The summed E-state index contributed by atoms with van der Waals surface area (Å²) in [6.45, 7) is 1.76. The van der Waals surface area contributed by atoms with E-state index in [1.165, 1.54) is 0 Å². The Bertz CT molecular complexity index is 444. The molecule has 3 aliphatic carbocycles. The van der Waals surface area contributed by atoms with Crippen LogP contribution in [0.2, 0.25) is 0 Å². The van der Waals surface area contributed by atoms with Crippen molar-refractivity contribution in [3.8, 4) is 0 Å².